The van der Waals surface area contributed by atoms with Crippen molar-refractivity contribution in [3.63, 3.8) is 0 Å². The summed E-state index contributed by atoms with van der Waals surface area (Å²) in [5, 5.41) is 0. The third-order valence-corrected chi connectivity index (χ3v) is 5.21. The van der Waals surface area contributed by atoms with Crippen molar-refractivity contribution >= 4 is 11.1 Å². The van der Waals surface area contributed by atoms with Gasteiger partial charge in [-0.2, -0.15) is 4.98 Å². The molecule has 4 nitrogen and oxygen atoms in total. The van der Waals surface area contributed by atoms with E-state index in [4.69, 9.17) is 9.15 Å². The number of nitrogens with zero attached hydrogens (tertiary/aromatic N) is 2. The maximum Gasteiger partial charge on any atom is 0.394 e. The van der Waals surface area contributed by atoms with Gasteiger partial charge in [0, 0.05) is 31.5 Å². The molecule has 2 atom stereocenters. The Morgan fingerprint density at radius 1 is 1.10 bits per heavy atom. The highest BCUT2D eigenvalue weighted by molar-refractivity contribution is 5.72. The van der Waals surface area contributed by atoms with Crippen molar-refractivity contribution < 1.29 is 9.15 Å². The van der Waals surface area contributed by atoms with Crippen molar-refractivity contribution in [2.24, 2.45) is 17.8 Å². The molecule has 4 bridgehead atoms. The van der Waals surface area contributed by atoms with Gasteiger partial charge in [0.05, 0.1) is 0 Å². The van der Waals surface area contributed by atoms with Gasteiger partial charge in [-0.25, -0.2) is 0 Å². The highest BCUT2D eigenvalue weighted by atomic mass is 16.6. The molecule has 0 radical (unpaired) electrons. The number of oxazole rings is 1. The monoisotopic (exact) mass is 270 g/mol. The number of fused-ring (bicyclic) bond motifs is 1. The molecular weight excluding hydrogens is 252 g/mol. The molecule has 1 saturated carbocycles. The minimum Gasteiger partial charge on any atom is -0.446 e. The summed E-state index contributed by atoms with van der Waals surface area (Å²) in [4.78, 5) is 7.07. The van der Waals surface area contributed by atoms with Crippen LogP contribution in [0.15, 0.2) is 28.7 Å². The molecule has 6 rings (SSSR count). The Kier molecular flexibility index (Phi) is 2.22. The van der Waals surface area contributed by atoms with Crippen molar-refractivity contribution in [2.75, 3.05) is 19.6 Å². The molecule has 4 heteroatoms. The Hall–Kier alpha value is -1.55. The Balaban J connectivity index is 1.43. The van der Waals surface area contributed by atoms with E-state index in [1.165, 1.54) is 32.5 Å². The number of hydrogen-bond donors (Lipinski definition) is 0. The summed E-state index contributed by atoms with van der Waals surface area (Å²) in [6.07, 6.45) is 3.39. The summed E-state index contributed by atoms with van der Waals surface area (Å²) in [6, 6.07) is 7.85. The molecule has 0 unspecified atom stereocenters. The second-order valence-corrected chi connectivity index (χ2v) is 6.61. The van der Waals surface area contributed by atoms with E-state index in [0.717, 1.165) is 17.0 Å². The van der Waals surface area contributed by atoms with Crippen LogP contribution in [-0.4, -0.2) is 35.6 Å². The first-order valence-electron chi connectivity index (χ1n) is 7.60. The molecule has 1 aromatic carbocycles. The number of aromatic nitrogens is 1. The van der Waals surface area contributed by atoms with Crippen LogP contribution in [0.5, 0.6) is 6.08 Å². The summed E-state index contributed by atoms with van der Waals surface area (Å²) in [6.45, 7) is 3.69. The Morgan fingerprint density at radius 2 is 1.90 bits per heavy atom. The van der Waals surface area contributed by atoms with Crippen LogP contribution in [0, 0.1) is 17.8 Å². The van der Waals surface area contributed by atoms with Crippen LogP contribution in [0.2, 0.25) is 0 Å². The van der Waals surface area contributed by atoms with Gasteiger partial charge in [-0.05, 0) is 30.9 Å². The van der Waals surface area contributed by atoms with E-state index in [1.807, 2.05) is 24.3 Å². The van der Waals surface area contributed by atoms with E-state index in [0.29, 0.717) is 24.0 Å². The van der Waals surface area contributed by atoms with Crippen LogP contribution in [-0.2, 0) is 0 Å². The molecule has 20 heavy (non-hydrogen) atoms. The van der Waals surface area contributed by atoms with Gasteiger partial charge in [0.2, 0.25) is 0 Å². The lowest BCUT2D eigenvalue weighted by atomic mass is 9.66. The van der Waals surface area contributed by atoms with Crippen LogP contribution in [0.25, 0.3) is 11.1 Å². The van der Waals surface area contributed by atoms with Crippen LogP contribution < -0.4 is 4.74 Å². The summed E-state index contributed by atoms with van der Waals surface area (Å²) in [5.74, 6) is 2.23. The van der Waals surface area contributed by atoms with Crippen molar-refractivity contribution in [1.82, 2.24) is 9.88 Å². The molecule has 4 aliphatic rings. The Bertz CT molecular complexity index is 590. The van der Waals surface area contributed by atoms with E-state index < -0.39 is 0 Å². The van der Waals surface area contributed by atoms with E-state index in [-0.39, 0.29) is 0 Å². The number of piperidine rings is 3. The van der Waals surface area contributed by atoms with Gasteiger partial charge in [0.25, 0.3) is 0 Å². The summed E-state index contributed by atoms with van der Waals surface area (Å²) < 4.78 is 11.9. The van der Waals surface area contributed by atoms with Gasteiger partial charge in [-0.15, -0.1) is 0 Å². The predicted molar refractivity (Wildman–Crippen MR) is 74.6 cm³/mol. The van der Waals surface area contributed by atoms with Crippen molar-refractivity contribution in [3.8, 4) is 6.08 Å². The fraction of sp³-hybridized carbons (Fsp3) is 0.562. The summed E-state index contributed by atoms with van der Waals surface area (Å²) >= 11 is 0. The second kappa shape index (κ2) is 3.98. The molecule has 104 valence electrons. The lowest BCUT2D eigenvalue weighted by Gasteiger charge is -2.54. The van der Waals surface area contributed by atoms with Crippen molar-refractivity contribution in [1.29, 1.82) is 0 Å². The van der Waals surface area contributed by atoms with Gasteiger partial charge < -0.3 is 14.1 Å². The number of rotatable bonds is 2. The fourth-order valence-electron chi connectivity index (χ4n) is 4.57. The molecule has 4 heterocycles. The first kappa shape index (κ1) is 11.1. The fourth-order valence-corrected chi connectivity index (χ4v) is 4.57. The maximum atomic E-state index is 6.17. The first-order chi connectivity index (χ1) is 9.85. The van der Waals surface area contributed by atoms with E-state index >= 15 is 0 Å². The van der Waals surface area contributed by atoms with Crippen molar-refractivity contribution in [2.45, 2.75) is 18.9 Å². The average molecular weight is 270 g/mol. The molecule has 1 aliphatic carbocycles. The van der Waals surface area contributed by atoms with Crippen LogP contribution in [0.4, 0.5) is 0 Å². The van der Waals surface area contributed by atoms with Crippen LogP contribution in [0.3, 0.4) is 0 Å². The van der Waals surface area contributed by atoms with Gasteiger partial charge in [0.15, 0.2) is 5.58 Å². The largest absolute Gasteiger partial charge is 0.446 e. The highest BCUT2D eigenvalue weighted by Gasteiger charge is 2.49. The standard InChI is InChI=1S/C16H18N2O2/c1-2-4-14-13(3-1)17-16(19-14)20-15-11-5-10-6-12(15)9-18(7-10)8-11/h1-4,10-12,15H,5-9H2/t10?,11-,12-,15?/m0/s1. The van der Waals surface area contributed by atoms with Crippen LogP contribution in [0.1, 0.15) is 12.8 Å². The van der Waals surface area contributed by atoms with Gasteiger partial charge in [0.1, 0.15) is 11.6 Å². The average Bonchev–Trinajstić information content (AvgIpc) is 2.84. The second-order valence-electron chi connectivity index (χ2n) is 6.61. The Labute approximate surface area is 117 Å². The SMILES string of the molecule is c1ccc2oc(OC3[C@H]4CC5C[C@H]3CN(C5)C4)nc2c1. The molecule has 3 aliphatic heterocycles. The number of benzene rings is 1. The predicted octanol–water partition coefficient (Wildman–Crippen LogP) is 2.55. The van der Waals surface area contributed by atoms with Gasteiger partial charge in [-0.3, -0.25) is 0 Å². The minimum absolute atomic E-state index is 0.302. The topological polar surface area (TPSA) is 38.5 Å². The first-order valence-corrected chi connectivity index (χ1v) is 7.60. The molecule has 3 saturated heterocycles. The molecule has 1 aromatic heterocycles. The van der Waals surface area contributed by atoms with Crippen molar-refractivity contribution in [3.05, 3.63) is 24.3 Å². The minimum atomic E-state index is 0.302. The number of para-hydroxylation sites is 2. The molecule has 4 fully saturated rings. The maximum absolute atomic E-state index is 6.17. The molecule has 0 amide bonds. The highest BCUT2D eigenvalue weighted by Crippen LogP contribution is 2.44. The molecular formula is C16H18N2O2. The molecule has 2 aromatic rings. The van der Waals surface area contributed by atoms with E-state index in [9.17, 15) is 0 Å². The van der Waals surface area contributed by atoms with E-state index in [1.54, 1.807) is 0 Å². The van der Waals surface area contributed by atoms with Crippen LogP contribution >= 0.6 is 0 Å². The zero-order valence-electron chi connectivity index (χ0n) is 11.4. The molecule has 0 spiro atoms. The third-order valence-electron chi connectivity index (χ3n) is 5.21. The normalized spacial score (nSPS) is 38.5. The quantitative estimate of drug-likeness (QED) is 0.840. The lowest BCUT2D eigenvalue weighted by Crippen LogP contribution is -2.61. The lowest BCUT2D eigenvalue weighted by molar-refractivity contribution is -0.105. The number of hydrogen-bond acceptors (Lipinski definition) is 4. The third kappa shape index (κ3) is 1.61. The summed E-state index contributed by atoms with van der Waals surface area (Å²) in [7, 11) is 0. The Morgan fingerprint density at radius 3 is 2.65 bits per heavy atom. The van der Waals surface area contributed by atoms with E-state index in [2.05, 4.69) is 9.88 Å². The number of ether oxygens (including phenoxy) is 1. The zero-order chi connectivity index (χ0) is 13.1. The molecule has 0 N–H and O–H groups in total. The van der Waals surface area contributed by atoms with Gasteiger partial charge >= 0.3 is 6.08 Å². The zero-order valence-corrected chi connectivity index (χ0v) is 11.4. The smallest absolute Gasteiger partial charge is 0.394 e. The summed E-state index contributed by atoms with van der Waals surface area (Å²) in [5.41, 5.74) is 1.70. The van der Waals surface area contributed by atoms with Gasteiger partial charge in [-0.1, -0.05) is 12.1 Å².